The van der Waals surface area contributed by atoms with E-state index in [-0.39, 0.29) is 48.5 Å². The molecule has 0 unspecified atom stereocenters. The first-order chi connectivity index (χ1) is 17.4. The maximum atomic E-state index is 13.0. The molecule has 0 atom stereocenters. The van der Waals surface area contributed by atoms with Crippen LogP contribution in [0.5, 0.6) is 23.0 Å². The van der Waals surface area contributed by atoms with Crippen LogP contribution in [0.4, 0.5) is 11.4 Å². The molecule has 1 amide bonds. The molecule has 0 radical (unpaired) electrons. The Kier molecular flexibility index (Phi) is 5.69. The minimum absolute atomic E-state index is 0.0961. The van der Waals surface area contributed by atoms with Gasteiger partial charge >= 0.3 is 0 Å². The zero-order valence-corrected chi connectivity index (χ0v) is 19.4. The van der Waals surface area contributed by atoms with Crippen molar-refractivity contribution in [2.24, 2.45) is 0 Å². The molecule has 3 aromatic rings. The van der Waals surface area contributed by atoms with Gasteiger partial charge in [0.1, 0.15) is 30.5 Å². The molecular weight excluding hydrogens is 468 g/mol. The van der Waals surface area contributed by atoms with Crippen LogP contribution in [0.15, 0.2) is 42.0 Å². The summed E-state index contributed by atoms with van der Waals surface area (Å²) in [5.74, 6) is 1.01. The minimum Gasteiger partial charge on any atom is -0.486 e. The summed E-state index contributed by atoms with van der Waals surface area (Å²) in [5.41, 5.74) is 2.46. The minimum atomic E-state index is -0.787. The summed E-state index contributed by atoms with van der Waals surface area (Å²) in [6, 6.07) is 11.8. The lowest BCUT2D eigenvalue weighted by Crippen LogP contribution is -2.18. The second-order valence-corrected chi connectivity index (χ2v) is 8.09. The molecule has 11 heteroatoms. The van der Waals surface area contributed by atoms with E-state index in [0.29, 0.717) is 17.1 Å². The van der Waals surface area contributed by atoms with Crippen molar-refractivity contribution in [1.29, 1.82) is 5.26 Å². The highest BCUT2D eigenvalue weighted by atomic mass is 16.7. The predicted octanol–water partition coefficient (Wildman–Crippen LogP) is 4.05. The summed E-state index contributed by atoms with van der Waals surface area (Å²) < 4.78 is 23.7. The average molecular weight is 488 g/mol. The van der Waals surface area contributed by atoms with Crippen LogP contribution >= 0.6 is 0 Å². The first-order valence-corrected chi connectivity index (χ1v) is 11.0. The van der Waals surface area contributed by atoms with Crippen molar-refractivity contribution in [3.8, 4) is 34.8 Å². The molecule has 5 rings (SSSR count). The fraction of sp³-hybridized carbons (Fsp3) is 0.200. The second kappa shape index (κ2) is 8.99. The van der Waals surface area contributed by atoms with Crippen LogP contribution in [-0.4, -0.2) is 35.4 Å². The molecule has 36 heavy (non-hydrogen) atoms. The van der Waals surface area contributed by atoms with E-state index < -0.39 is 10.8 Å². The van der Waals surface area contributed by atoms with E-state index in [2.05, 4.69) is 5.32 Å². The van der Waals surface area contributed by atoms with Gasteiger partial charge in [-0.3, -0.25) is 14.9 Å². The van der Waals surface area contributed by atoms with Crippen molar-refractivity contribution < 1.29 is 28.7 Å². The van der Waals surface area contributed by atoms with Crippen LogP contribution in [0.3, 0.4) is 0 Å². The summed E-state index contributed by atoms with van der Waals surface area (Å²) >= 11 is 0. The Balaban J connectivity index is 1.46. The summed E-state index contributed by atoms with van der Waals surface area (Å²) in [4.78, 5) is 23.9. The van der Waals surface area contributed by atoms with Crippen LogP contribution in [0.25, 0.3) is 11.8 Å². The maximum Gasteiger partial charge on any atom is 0.296 e. The van der Waals surface area contributed by atoms with E-state index >= 15 is 0 Å². The van der Waals surface area contributed by atoms with Crippen LogP contribution < -0.4 is 24.3 Å². The quantitative estimate of drug-likeness (QED) is 0.246. The highest BCUT2D eigenvalue weighted by molar-refractivity contribution is 6.10. The van der Waals surface area contributed by atoms with Gasteiger partial charge in [-0.25, -0.2) is 0 Å². The smallest absolute Gasteiger partial charge is 0.296 e. The summed E-state index contributed by atoms with van der Waals surface area (Å²) in [5, 5.41) is 23.7. The van der Waals surface area contributed by atoms with Gasteiger partial charge in [-0.05, 0) is 43.7 Å². The van der Waals surface area contributed by atoms with Crippen LogP contribution in [-0.2, 0) is 4.79 Å². The summed E-state index contributed by atoms with van der Waals surface area (Å²) in [7, 11) is 0. The Morgan fingerprint density at radius 3 is 2.47 bits per heavy atom. The van der Waals surface area contributed by atoms with E-state index in [1.54, 1.807) is 0 Å². The molecule has 2 aliphatic rings. The van der Waals surface area contributed by atoms with Crippen molar-refractivity contribution in [2.75, 3.05) is 25.3 Å². The topological polar surface area (TPSA) is 138 Å². The number of aromatic nitrogens is 1. The van der Waals surface area contributed by atoms with Crippen LogP contribution in [0, 0.1) is 35.3 Å². The van der Waals surface area contributed by atoms with Gasteiger partial charge in [0.15, 0.2) is 23.0 Å². The molecule has 0 fully saturated rings. The van der Waals surface area contributed by atoms with Crippen molar-refractivity contribution in [2.45, 2.75) is 13.8 Å². The fourth-order valence-corrected chi connectivity index (χ4v) is 4.18. The number of nitriles is 1. The van der Waals surface area contributed by atoms with Crippen molar-refractivity contribution >= 4 is 23.4 Å². The number of nitrogens with one attached hydrogen (secondary N) is 1. The molecule has 0 spiro atoms. The Labute approximate surface area is 205 Å². The Bertz CT molecular complexity index is 1480. The molecule has 0 saturated heterocycles. The number of rotatable bonds is 5. The Morgan fingerprint density at radius 1 is 1.06 bits per heavy atom. The van der Waals surface area contributed by atoms with E-state index in [0.717, 1.165) is 17.1 Å². The third-order valence-electron chi connectivity index (χ3n) is 5.85. The van der Waals surface area contributed by atoms with Crippen molar-refractivity contribution in [1.82, 2.24) is 4.57 Å². The van der Waals surface area contributed by atoms with E-state index in [1.807, 2.05) is 48.7 Å². The molecular formula is C25H20N4O7. The van der Waals surface area contributed by atoms with Gasteiger partial charge in [0.25, 0.3) is 11.6 Å². The van der Waals surface area contributed by atoms with Crippen LogP contribution in [0.2, 0.25) is 0 Å². The number of hydrogen-bond donors (Lipinski definition) is 1. The normalized spacial score (nSPS) is 13.8. The zero-order valence-electron chi connectivity index (χ0n) is 19.4. The lowest BCUT2D eigenvalue weighted by Gasteiger charge is -2.19. The van der Waals surface area contributed by atoms with Gasteiger partial charge < -0.3 is 28.8 Å². The Morgan fingerprint density at radius 2 is 1.75 bits per heavy atom. The van der Waals surface area contributed by atoms with Gasteiger partial charge in [0, 0.05) is 29.2 Å². The number of nitro groups is 1. The van der Waals surface area contributed by atoms with Crippen LogP contribution in [0.1, 0.15) is 17.0 Å². The number of carbonyl (C=O) groups excluding carboxylic acids is 1. The van der Waals surface area contributed by atoms with E-state index in [4.69, 9.17) is 18.9 Å². The SMILES string of the molecule is Cc1cc(/C=C(\C#N)C(=O)Nc2cc3c(cc2[N+](=O)[O-])OCCO3)c(C)n1-c1ccc2c(c1)OCO2. The third kappa shape index (κ3) is 4.05. The van der Waals surface area contributed by atoms with Crippen molar-refractivity contribution in [3.05, 3.63) is 69.0 Å². The molecule has 0 bridgehead atoms. The monoisotopic (exact) mass is 488 g/mol. The molecule has 3 heterocycles. The highest BCUT2D eigenvalue weighted by Gasteiger charge is 2.25. The second-order valence-electron chi connectivity index (χ2n) is 8.09. The largest absolute Gasteiger partial charge is 0.486 e. The van der Waals surface area contributed by atoms with Gasteiger partial charge in [0.05, 0.1) is 11.0 Å². The molecule has 0 saturated carbocycles. The number of fused-ring (bicyclic) bond motifs is 2. The number of carbonyl (C=O) groups is 1. The van der Waals surface area contributed by atoms with E-state index in [1.165, 1.54) is 18.2 Å². The predicted molar refractivity (Wildman–Crippen MR) is 128 cm³/mol. The van der Waals surface area contributed by atoms with Gasteiger partial charge in [-0.2, -0.15) is 5.26 Å². The average Bonchev–Trinajstić information content (AvgIpc) is 3.44. The standard InChI is InChI=1S/C25H20N4O7/c1-14-7-16(15(2)28(14)18-3-4-21-22(9-18)36-13-35-21)8-17(12-26)25(30)27-19-10-23-24(34-6-5-33-23)11-20(19)29(31)32/h3-4,7-11H,5-6,13H2,1-2H3,(H,27,30)/b17-8+. The molecule has 2 aromatic carbocycles. The number of benzene rings is 2. The molecule has 182 valence electrons. The summed E-state index contributed by atoms with van der Waals surface area (Å²) in [6.07, 6.45) is 1.45. The lowest BCUT2D eigenvalue weighted by atomic mass is 10.1. The molecule has 1 N–H and O–H groups in total. The maximum absolute atomic E-state index is 13.0. The third-order valence-corrected chi connectivity index (χ3v) is 5.85. The zero-order chi connectivity index (χ0) is 25.4. The number of aryl methyl sites for hydroxylation is 1. The molecule has 2 aliphatic heterocycles. The van der Waals surface area contributed by atoms with Gasteiger partial charge in [-0.15, -0.1) is 0 Å². The van der Waals surface area contributed by atoms with Gasteiger partial charge in [0.2, 0.25) is 6.79 Å². The Hall–Kier alpha value is -4.98. The lowest BCUT2D eigenvalue weighted by molar-refractivity contribution is -0.384. The van der Waals surface area contributed by atoms with E-state index in [9.17, 15) is 20.2 Å². The molecule has 0 aliphatic carbocycles. The number of hydrogen-bond acceptors (Lipinski definition) is 8. The number of anilines is 1. The number of nitro benzene ring substituents is 1. The molecule has 11 nitrogen and oxygen atoms in total. The van der Waals surface area contributed by atoms with Crippen molar-refractivity contribution in [3.63, 3.8) is 0 Å². The van der Waals surface area contributed by atoms with Gasteiger partial charge in [-0.1, -0.05) is 0 Å². The highest BCUT2D eigenvalue weighted by Crippen LogP contribution is 2.40. The fourth-order valence-electron chi connectivity index (χ4n) is 4.18. The molecule has 1 aromatic heterocycles. The summed E-state index contributed by atoms with van der Waals surface area (Å²) in [6.45, 7) is 4.47. The number of nitrogens with zero attached hydrogens (tertiary/aromatic N) is 3. The first kappa shape index (κ1) is 22.8. The number of amides is 1. The number of ether oxygens (including phenoxy) is 4. The first-order valence-electron chi connectivity index (χ1n) is 11.0.